The van der Waals surface area contributed by atoms with Gasteiger partial charge in [-0.25, -0.2) is 8.42 Å². The van der Waals surface area contributed by atoms with Gasteiger partial charge in [-0.3, -0.25) is 0 Å². The van der Waals surface area contributed by atoms with Crippen LogP contribution < -0.4 is 0 Å². The topological polar surface area (TPSA) is 34.1 Å². The molecule has 2 nitrogen and oxygen atoms in total. The van der Waals surface area contributed by atoms with E-state index in [2.05, 4.69) is 6.92 Å². The predicted octanol–water partition coefficient (Wildman–Crippen LogP) is 2.52. The first-order valence-electron chi connectivity index (χ1n) is 4.93. The van der Waals surface area contributed by atoms with Gasteiger partial charge in [-0.2, -0.15) is 0 Å². The van der Waals surface area contributed by atoms with Crippen molar-refractivity contribution in [3.8, 4) is 0 Å². The van der Waals surface area contributed by atoms with E-state index in [-0.39, 0.29) is 0 Å². The molecule has 2 fully saturated rings. The van der Waals surface area contributed by atoms with E-state index in [4.69, 9.17) is 10.7 Å². The van der Waals surface area contributed by atoms with E-state index in [1.165, 1.54) is 12.8 Å². The van der Waals surface area contributed by atoms with Crippen molar-refractivity contribution in [1.29, 1.82) is 0 Å². The van der Waals surface area contributed by atoms with Crippen LogP contribution in [-0.2, 0) is 9.05 Å². The average molecular weight is 223 g/mol. The van der Waals surface area contributed by atoms with Crippen LogP contribution in [0.4, 0.5) is 0 Å². The lowest BCUT2D eigenvalue weighted by Gasteiger charge is -2.09. The van der Waals surface area contributed by atoms with Crippen molar-refractivity contribution in [1.82, 2.24) is 0 Å². The Kier molecular flexibility index (Phi) is 2.15. The summed E-state index contributed by atoms with van der Waals surface area (Å²) in [6.07, 6.45) is 4.78. The van der Waals surface area contributed by atoms with Crippen LogP contribution in [0.15, 0.2) is 0 Å². The molecule has 2 saturated carbocycles. The Morgan fingerprint density at radius 1 is 1.38 bits per heavy atom. The Balaban J connectivity index is 1.96. The highest BCUT2D eigenvalue weighted by Gasteiger charge is 2.57. The van der Waals surface area contributed by atoms with Gasteiger partial charge in [0.15, 0.2) is 0 Å². The molecule has 0 heterocycles. The molecular formula is C9H15ClO2S. The zero-order valence-corrected chi connectivity index (χ0v) is 9.37. The molecule has 76 valence electrons. The fraction of sp³-hybridized carbons (Fsp3) is 1.00. The third-order valence-electron chi connectivity index (χ3n) is 3.55. The summed E-state index contributed by atoms with van der Waals surface area (Å²) in [6, 6.07) is 0. The summed E-state index contributed by atoms with van der Waals surface area (Å²) < 4.78 is 22.0. The maximum Gasteiger partial charge on any atom is 0.238 e. The molecule has 0 aromatic carbocycles. The third-order valence-corrected chi connectivity index (χ3v) is 6.14. The van der Waals surface area contributed by atoms with Gasteiger partial charge in [0.25, 0.3) is 0 Å². The van der Waals surface area contributed by atoms with Crippen LogP contribution in [0.2, 0.25) is 0 Å². The minimum Gasteiger partial charge on any atom is -0.212 e. The highest BCUT2D eigenvalue weighted by atomic mass is 35.7. The Hall–Kier alpha value is 0.240. The van der Waals surface area contributed by atoms with Gasteiger partial charge in [0.05, 0.1) is 4.75 Å². The molecule has 0 unspecified atom stereocenters. The van der Waals surface area contributed by atoms with Crippen LogP contribution in [0.5, 0.6) is 0 Å². The van der Waals surface area contributed by atoms with Gasteiger partial charge in [0, 0.05) is 10.7 Å². The molecule has 2 aliphatic carbocycles. The normalized spacial score (nSPS) is 35.8. The average Bonchev–Trinajstić information content (AvgIpc) is 2.84. The minimum absolute atomic E-state index is 0.511. The lowest BCUT2D eigenvalue weighted by Crippen LogP contribution is -2.18. The standard InChI is InChI=1S/C9H15ClO2S/c1-2-7-5-8(7)6-9(3-4-9)13(10,11)12/h7-8H,2-6H2,1H3/t7-,8+/m1/s1. The van der Waals surface area contributed by atoms with E-state index in [9.17, 15) is 8.42 Å². The minimum atomic E-state index is -3.31. The number of hydrogen-bond acceptors (Lipinski definition) is 2. The summed E-state index contributed by atoms with van der Waals surface area (Å²) in [4.78, 5) is 0. The van der Waals surface area contributed by atoms with Crippen molar-refractivity contribution < 1.29 is 8.42 Å². The van der Waals surface area contributed by atoms with Crippen LogP contribution in [0.25, 0.3) is 0 Å². The van der Waals surface area contributed by atoms with Gasteiger partial charge >= 0.3 is 0 Å². The first kappa shape index (κ1) is 9.78. The molecule has 0 N–H and O–H groups in total. The summed E-state index contributed by atoms with van der Waals surface area (Å²) in [6.45, 7) is 2.17. The molecule has 2 aliphatic rings. The molecule has 0 aliphatic heterocycles. The number of hydrogen-bond donors (Lipinski definition) is 0. The highest BCUT2D eigenvalue weighted by Crippen LogP contribution is 2.56. The molecule has 0 radical (unpaired) electrons. The van der Waals surface area contributed by atoms with Gasteiger partial charge < -0.3 is 0 Å². The predicted molar refractivity (Wildman–Crippen MR) is 53.2 cm³/mol. The van der Waals surface area contributed by atoms with Crippen molar-refractivity contribution in [2.24, 2.45) is 11.8 Å². The van der Waals surface area contributed by atoms with Crippen LogP contribution >= 0.6 is 10.7 Å². The second kappa shape index (κ2) is 2.86. The van der Waals surface area contributed by atoms with E-state index in [1.807, 2.05) is 0 Å². The van der Waals surface area contributed by atoms with Crippen molar-refractivity contribution in [3.05, 3.63) is 0 Å². The fourth-order valence-electron chi connectivity index (χ4n) is 2.23. The smallest absolute Gasteiger partial charge is 0.212 e. The van der Waals surface area contributed by atoms with Crippen LogP contribution in [0.1, 0.15) is 39.0 Å². The fourth-order valence-corrected chi connectivity index (χ4v) is 3.88. The zero-order chi connectivity index (χ0) is 9.69. The molecular weight excluding hydrogens is 208 g/mol. The second-order valence-electron chi connectivity index (χ2n) is 4.49. The maximum absolute atomic E-state index is 11.2. The molecule has 0 aromatic heterocycles. The third kappa shape index (κ3) is 1.73. The Labute approximate surface area is 84.1 Å². The van der Waals surface area contributed by atoms with Crippen LogP contribution in [0, 0.1) is 11.8 Å². The van der Waals surface area contributed by atoms with Crippen LogP contribution in [0.3, 0.4) is 0 Å². The molecule has 0 spiro atoms. The van der Waals surface area contributed by atoms with Crippen molar-refractivity contribution >= 4 is 19.7 Å². The quantitative estimate of drug-likeness (QED) is 0.685. The molecule has 2 rings (SSSR count). The first-order chi connectivity index (χ1) is 5.98. The maximum atomic E-state index is 11.2. The van der Waals surface area contributed by atoms with Gasteiger partial charge in [-0.1, -0.05) is 13.3 Å². The number of halogens is 1. The molecule has 0 bridgehead atoms. The SMILES string of the molecule is CC[C@@H]1C[C@H]1CC1(S(=O)(=O)Cl)CC1. The van der Waals surface area contributed by atoms with E-state index in [1.54, 1.807) is 0 Å². The molecule has 0 amide bonds. The van der Waals surface area contributed by atoms with E-state index >= 15 is 0 Å². The Morgan fingerprint density at radius 2 is 2.00 bits per heavy atom. The summed E-state index contributed by atoms with van der Waals surface area (Å²) in [5, 5.41) is 0. The molecule has 0 saturated heterocycles. The Morgan fingerprint density at radius 3 is 2.31 bits per heavy atom. The van der Waals surface area contributed by atoms with Crippen molar-refractivity contribution in [3.63, 3.8) is 0 Å². The molecule has 2 atom stereocenters. The van der Waals surface area contributed by atoms with Crippen LogP contribution in [-0.4, -0.2) is 13.2 Å². The van der Waals surface area contributed by atoms with Crippen molar-refractivity contribution in [2.45, 2.75) is 43.8 Å². The first-order valence-corrected chi connectivity index (χ1v) is 7.24. The highest BCUT2D eigenvalue weighted by molar-refractivity contribution is 8.15. The number of rotatable bonds is 4. The summed E-state index contributed by atoms with van der Waals surface area (Å²) in [5.41, 5.74) is 0. The van der Waals surface area contributed by atoms with Gasteiger partial charge in [0.2, 0.25) is 9.05 Å². The van der Waals surface area contributed by atoms with Gasteiger partial charge in [0.1, 0.15) is 0 Å². The Bertz CT molecular complexity index is 306. The molecule has 0 aromatic rings. The summed E-state index contributed by atoms with van der Waals surface area (Å²) >= 11 is 0. The molecule has 4 heteroatoms. The zero-order valence-electron chi connectivity index (χ0n) is 7.79. The molecule has 13 heavy (non-hydrogen) atoms. The summed E-state index contributed by atoms with van der Waals surface area (Å²) in [7, 11) is 2.12. The lowest BCUT2D eigenvalue weighted by atomic mass is 10.1. The lowest BCUT2D eigenvalue weighted by molar-refractivity contribution is 0.554. The van der Waals surface area contributed by atoms with Gasteiger partial charge in [-0.05, 0) is 37.5 Å². The second-order valence-corrected chi connectivity index (χ2v) is 7.45. The van der Waals surface area contributed by atoms with E-state index in [0.717, 1.165) is 25.2 Å². The van der Waals surface area contributed by atoms with E-state index in [0.29, 0.717) is 5.92 Å². The van der Waals surface area contributed by atoms with Crippen molar-refractivity contribution in [2.75, 3.05) is 0 Å². The largest absolute Gasteiger partial charge is 0.238 e. The summed E-state index contributed by atoms with van der Waals surface area (Å²) in [5.74, 6) is 1.41. The monoisotopic (exact) mass is 222 g/mol. The van der Waals surface area contributed by atoms with Gasteiger partial charge in [-0.15, -0.1) is 0 Å². The van der Waals surface area contributed by atoms with E-state index < -0.39 is 13.8 Å².